The Morgan fingerprint density at radius 1 is 0.267 bits per heavy atom. The molecule has 0 saturated heterocycles. The average Bonchev–Trinajstić information content (AvgIpc) is 3.27. The number of para-hydroxylation sites is 2. The molecule has 10 rings (SSSR count). The highest BCUT2D eigenvalue weighted by molar-refractivity contribution is 6.28. The molecule has 0 bridgehead atoms. The van der Waals surface area contributed by atoms with E-state index in [1.54, 1.807) is 0 Å². The van der Waals surface area contributed by atoms with Gasteiger partial charge in [0.15, 0.2) is 0 Å². The molecule has 0 aliphatic carbocycles. The van der Waals surface area contributed by atoms with Crippen LogP contribution in [0.4, 0.5) is 34.1 Å². The Kier molecular flexibility index (Phi) is 9.22. The zero-order valence-electron chi connectivity index (χ0n) is 35.2. The van der Waals surface area contributed by atoms with Crippen molar-refractivity contribution in [3.05, 3.63) is 215 Å². The zero-order chi connectivity index (χ0) is 41.1. The van der Waals surface area contributed by atoms with Crippen LogP contribution >= 0.6 is 0 Å². The van der Waals surface area contributed by atoms with Crippen molar-refractivity contribution in [2.75, 3.05) is 9.80 Å². The van der Waals surface area contributed by atoms with E-state index in [1.807, 2.05) is 0 Å². The molecule has 2 heteroatoms. The molecule has 0 unspecified atom stereocenters. The Bertz CT molecular complexity index is 2960. The molecular weight excluding hydrogens is 725 g/mol. The largest absolute Gasteiger partial charge is 0.309 e. The molecule has 0 aliphatic heterocycles. The molecule has 0 radical (unpaired) electrons. The Hall–Kier alpha value is -7.16. The lowest BCUT2D eigenvalue weighted by molar-refractivity contribution is 1.21. The number of hydrogen-bond donors (Lipinski definition) is 0. The minimum Gasteiger partial charge on any atom is -0.309 e. The van der Waals surface area contributed by atoms with Crippen molar-refractivity contribution in [2.45, 2.75) is 41.5 Å². The summed E-state index contributed by atoms with van der Waals surface area (Å²) in [7, 11) is 0. The molecule has 10 aromatic rings. The molecule has 0 spiro atoms. The van der Waals surface area contributed by atoms with Gasteiger partial charge in [0.25, 0.3) is 0 Å². The second-order valence-corrected chi connectivity index (χ2v) is 16.5. The van der Waals surface area contributed by atoms with Crippen LogP contribution in [0.3, 0.4) is 0 Å². The van der Waals surface area contributed by atoms with Crippen molar-refractivity contribution in [1.82, 2.24) is 0 Å². The highest BCUT2D eigenvalue weighted by Gasteiger charge is 2.26. The predicted molar refractivity (Wildman–Crippen MR) is 259 cm³/mol. The van der Waals surface area contributed by atoms with Crippen molar-refractivity contribution < 1.29 is 0 Å². The third-order valence-corrected chi connectivity index (χ3v) is 12.5. The molecule has 290 valence electrons. The van der Waals surface area contributed by atoms with Gasteiger partial charge in [-0.15, -0.1) is 0 Å². The van der Waals surface area contributed by atoms with Crippen molar-refractivity contribution in [1.29, 1.82) is 0 Å². The standard InChI is InChI=1S/C58H48N2/c1-37-23-25-47(43-19-9-7-10-20-43)35-53(37)59(57-39(3)15-13-16-40(57)4)51-33-29-45-28-32-50-52(34-30-46-27-31-49(51)55(45)56(46)50)60(58-41(5)17-14-18-42(58)6)54-36-48(26-24-38(54)2)44-21-11-8-12-22-44/h7-36H,1-6H3. The summed E-state index contributed by atoms with van der Waals surface area (Å²) in [4.78, 5) is 5.06. The first-order valence-electron chi connectivity index (χ1n) is 21.0. The zero-order valence-corrected chi connectivity index (χ0v) is 35.2. The van der Waals surface area contributed by atoms with Crippen molar-refractivity contribution >= 4 is 66.4 Å². The van der Waals surface area contributed by atoms with E-state index in [1.165, 1.54) is 122 Å². The fraction of sp³-hybridized carbons (Fsp3) is 0.103. The van der Waals surface area contributed by atoms with Crippen LogP contribution in [0.15, 0.2) is 182 Å². The van der Waals surface area contributed by atoms with Gasteiger partial charge in [0.05, 0.1) is 22.7 Å². The maximum Gasteiger partial charge on any atom is 0.0541 e. The van der Waals surface area contributed by atoms with E-state index in [9.17, 15) is 0 Å². The van der Waals surface area contributed by atoms with E-state index in [0.717, 1.165) is 0 Å². The third-order valence-electron chi connectivity index (χ3n) is 12.5. The molecule has 0 amide bonds. The van der Waals surface area contributed by atoms with Crippen molar-refractivity contribution in [2.24, 2.45) is 0 Å². The molecule has 0 aromatic heterocycles. The van der Waals surface area contributed by atoms with Gasteiger partial charge >= 0.3 is 0 Å². The van der Waals surface area contributed by atoms with Crippen LogP contribution < -0.4 is 9.80 Å². The summed E-state index contributed by atoms with van der Waals surface area (Å²) in [5.74, 6) is 0. The van der Waals surface area contributed by atoms with Gasteiger partial charge < -0.3 is 9.80 Å². The summed E-state index contributed by atoms with van der Waals surface area (Å²) < 4.78 is 0. The second kappa shape index (κ2) is 14.9. The molecule has 60 heavy (non-hydrogen) atoms. The van der Waals surface area contributed by atoms with Crippen LogP contribution in [-0.4, -0.2) is 0 Å². The summed E-state index contributed by atoms with van der Waals surface area (Å²) >= 11 is 0. The molecule has 0 heterocycles. The summed E-state index contributed by atoms with van der Waals surface area (Å²) in [6.07, 6.45) is 0. The molecule has 2 nitrogen and oxygen atoms in total. The first kappa shape index (κ1) is 37.1. The van der Waals surface area contributed by atoms with Crippen LogP contribution in [0.1, 0.15) is 33.4 Å². The van der Waals surface area contributed by atoms with E-state index in [4.69, 9.17) is 0 Å². The fourth-order valence-electron chi connectivity index (χ4n) is 9.54. The smallest absolute Gasteiger partial charge is 0.0541 e. The maximum absolute atomic E-state index is 2.53. The fourth-order valence-corrected chi connectivity index (χ4v) is 9.54. The number of aryl methyl sites for hydroxylation is 6. The number of nitrogens with zero attached hydrogens (tertiary/aromatic N) is 2. The highest BCUT2D eigenvalue weighted by Crippen LogP contribution is 2.50. The minimum absolute atomic E-state index is 1.17. The van der Waals surface area contributed by atoms with E-state index >= 15 is 0 Å². The van der Waals surface area contributed by atoms with Crippen molar-refractivity contribution in [3.63, 3.8) is 0 Å². The van der Waals surface area contributed by atoms with Gasteiger partial charge in [0, 0.05) is 22.1 Å². The normalized spacial score (nSPS) is 11.5. The highest BCUT2D eigenvalue weighted by atomic mass is 15.2. The third kappa shape index (κ3) is 6.19. The number of benzene rings is 10. The molecular formula is C58H48N2. The number of hydrogen-bond acceptors (Lipinski definition) is 2. The lowest BCUT2D eigenvalue weighted by atomic mass is 9.91. The first-order valence-corrected chi connectivity index (χ1v) is 21.0. The maximum atomic E-state index is 2.53. The first-order chi connectivity index (χ1) is 29.3. The molecule has 0 atom stereocenters. The topological polar surface area (TPSA) is 6.48 Å². The number of anilines is 6. The second-order valence-electron chi connectivity index (χ2n) is 16.5. The van der Waals surface area contributed by atoms with E-state index < -0.39 is 0 Å². The van der Waals surface area contributed by atoms with Crippen LogP contribution in [0, 0.1) is 41.5 Å². The molecule has 0 fully saturated rings. The quantitative estimate of drug-likeness (QED) is 0.142. The van der Waals surface area contributed by atoms with Crippen LogP contribution in [0.25, 0.3) is 54.6 Å². The van der Waals surface area contributed by atoms with E-state index in [2.05, 4.69) is 233 Å². The Morgan fingerprint density at radius 2 is 0.633 bits per heavy atom. The average molecular weight is 773 g/mol. The Morgan fingerprint density at radius 3 is 1.02 bits per heavy atom. The van der Waals surface area contributed by atoms with Gasteiger partial charge in [-0.1, -0.05) is 158 Å². The minimum atomic E-state index is 1.17. The summed E-state index contributed by atoms with van der Waals surface area (Å²) in [5, 5.41) is 7.51. The lowest BCUT2D eigenvalue weighted by Gasteiger charge is -2.33. The van der Waals surface area contributed by atoms with Gasteiger partial charge in [-0.05, 0) is 143 Å². The van der Waals surface area contributed by atoms with E-state index in [0.29, 0.717) is 0 Å². The van der Waals surface area contributed by atoms with Gasteiger partial charge in [-0.25, -0.2) is 0 Å². The summed E-state index contributed by atoms with van der Waals surface area (Å²) in [6, 6.07) is 67.3. The molecule has 0 saturated carbocycles. The van der Waals surface area contributed by atoms with E-state index in [-0.39, 0.29) is 0 Å². The van der Waals surface area contributed by atoms with Gasteiger partial charge in [-0.2, -0.15) is 0 Å². The predicted octanol–water partition coefficient (Wildman–Crippen LogP) is 16.7. The molecule has 0 N–H and O–H groups in total. The Labute approximate surface area is 354 Å². The monoisotopic (exact) mass is 772 g/mol. The van der Waals surface area contributed by atoms with Crippen LogP contribution in [0.2, 0.25) is 0 Å². The van der Waals surface area contributed by atoms with Crippen LogP contribution in [-0.2, 0) is 0 Å². The number of rotatable bonds is 8. The van der Waals surface area contributed by atoms with Crippen molar-refractivity contribution in [3.8, 4) is 22.3 Å². The molecule has 10 aromatic carbocycles. The van der Waals surface area contributed by atoms with Gasteiger partial charge in [0.1, 0.15) is 0 Å². The summed E-state index contributed by atoms with van der Waals surface area (Å²) in [6.45, 7) is 13.4. The summed E-state index contributed by atoms with van der Waals surface area (Å²) in [5.41, 5.74) is 19.4. The van der Waals surface area contributed by atoms with Gasteiger partial charge in [-0.3, -0.25) is 0 Å². The lowest BCUT2D eigenvalue weighted by Crippen LogP contribution is -2.15. The SMILES string of the molecule is Cc1ccc(-c2ccccc2)cc1N(c1c(C)cccc1C)c1ccc2ccc3c(N(c4cc(-c5ccccc5)ccc4C)c4c(C)cccc4C)ccc4ccc1c2c43. The van der Waals surface area contributed by atoms with Crippen LogP contribution in [0.5, 0.6) is 0 Å². The molecule has 0 aliphatic rings. The Balaban J connectivity index is 1.25. The van der Waals surface area contributed by atoms with Gasteiger partial charge in [0.2, 0.25) is 0 Å².